The van der Waals surface area contributed by atoms with Crippen LogP contribution in [0.4, 0.5) is 21.6 Å². The number of nitrogens with zero attached hydrogens (tertiary/aromatic N) is 3. The van der Waals surface area contributed by atoms with Crippen molar-refractivity contribution in [3.63, 3.8) is 0 Å². The summed E-state index contributed by atoms with van der Waals surface area (Å²) in [6.45, 7) is 4.47. The van der Waals surface area contributed by atoms with Gasteiger partial charge in [0.1, 0.15) is 17.0 Å². The molecule has 1 aliphatic heterocycles. The van der Waals surface area contributed by atoms with Gasteiger partial charge >= 0.3 is 0 Å². The normalized spacial score (nSPS) is 14.4. The molecule has 0 saturated carbocycles. The molecular formula is C38H28FN3O. The summed E-state index contributed by atoms with van der Waals surface area (Å²) in [5.74, 6) is 0.765. The van der Waals surface area contributed by atoms with Gasteiger partial charge in [0, 0.05) is 40.2 Å². The van der Waals surface area contributed by atoms with Crippen LogP contribution in [0.3, 0.4) is 0 Å². The second kappa shape index (κ2) is 9.63. The van der Waals surface area contributed by atoms with Crippen molar-refractivity contribution in [3.8, 4) is 11.3 Å². The Morgan fingerprint density at radius 2 is 1.42 bits per heavy atom. The first-order valence-corrected chi connectivity index (χ1v) is 14.5. The van der Waals surface area contributed by atoms with Crippen LogP contribution >= 0.6 is 0 Å². The van der Waals surface area contributed by atoms with Gasteiger partial charge in [-0.3, -0.25) is 9.88 Å². The number of rotatable bonds is 4. The Morgan fingerprint density at radius 1 is 0.651 bits per heavy atom. The molecule has 1 aliphatic rings. The van der Waals surface area contributed by atoms with Crippen LogP contribution in [0.5, 0.6) is 0 Å². The van der Waals surface area contributed by atoms with Gasteiger partial charge in [-0.1, -0.05) is 74.5 Å². The lowest BCUT2D eigenvalue weighted by Crippen LogP contribution is -2.31. The minimum absolute atomic E-state index is 0.355. The van der Waals surface area contributed by atoms with Crippen LogP contribution in [0.1, 0.15) is 42.3 Å². The fraction of sp³-hybridized carbons (Fsp3) is 0.105. The highest BCUT2D eigenvalue weighted by Gasteiger charge is 2.38. The SMILES string of the molecule is CC1(C)c2ccc(C(F)c3cccc(-c4ccccn4)c3)cc2N(c2ccccn2)c2cc3oc4ccccc4c3cc21. The minimum Gasteiger partial charge on any atom is -0.456 e. The van der Waals surface area contributed by atoms with Gasteiger partial charge in [0.15, 0.2) is 6.17 Å². The Kier molecular flexibility index (Phi) is 5.70. The van der Waals surface area contributed by atoms with E-state index < -0.39 is 6.17 Å². The maximum atomic E-state index is 16.4. The summed E-state index contributed by atoms with van der Waals surface area (Å²) >= 11 is 0. The lowest BCUT2D eigenvalue weighted by atomic mass is 9.72. The molecule has 0 fully saturated rings. The van der Waals surface area contributed by atoms with E-state index in [0.29, 0.717) is 11.1 Å². The Morgan fingerprint density at radius 3 is 2.23 bits per heavy atom. The summed E-state index contributed by atoms with van der Waals surface area (Å²) in [7, 11) is 0. The predicted molar refractivity (Wildman–Crippen MR) is 171 cm³/mol. The Labute approximate surface area is 249 Å². The van der Waals surface area contributed by atoms with Gasteiger partial charge in [-0.2, -0.15) is 0 Å². The zero-order valence-corrected chi connectivity index (χ0v) is 23.8. The zero-order chi connectivity index (χ0) is 29.1. The number of fused-ring (bicyclic) bond motifs is 5. The van der Waals surface area contributed by atoms with Gasteiger partial charge in [-0.15, -0.1) is 0 Å². The van der Waals surface area contributed by atoms with Crippen LogP contribution < -0.4 is 4.90 Å². The van der Waals surface area contributed by atoms with E-state index in [2.05, 4.69) is 48.0 Å². The molecule has 1 unspecified atom stereocenters. The van der Waals surface area contributed by atoms with E-state index in [4.69, 9.17) is 9.40 Å². The number of benzene rings is 4. The molecule has 8 rings (SSSR count). The van der Waals surface area contributed by atoms with E-state index in [1.165, 1.54) is 0 Å². The molecule has 4 aromatic carbocycles. The van der Waals surface area contributed by atoms with Gasteiger partial charge in [-0.05, 0) is 70.8 Å². The molecule has 7 aromatic rings. The minimum atomic E-state index is -1.32. The van der Waals surface area contributed by atoms with E-state index in [1.54, 1.807) is 12.4 Å². The highest BCUT2D eigenvalue weighted by atomic mass is 19.1. The maximum absolute atomic E-state index is 16.4. The third-order valence-corrected chi connectivity index (χ3v) is 8.66. The molecular weight excluding hydrogens is 533 g/mol. The van der Waals surface area contributed by atoms with E-state index in [-0.39, 0.29) is 5.41 Å². The fourth-order valence-corrected chi connectivity index (χ4v) is 6.46. The molecule has 0 bridgehead atoms. The zero-order valence-electron chi connectivity index (χ0n) is 23.8. The lowest BCUT2D eigenvalue weighted by Gasteiger charge is -2.41. The van der Waals surface area contributed by atoms with Crippen molar-refractivity contribution in [3.05, 3.63) is 150 Å². The predicted octanol–water partition coefficient (Wildman–Crippen LogP) is 10.2. The quantitative estimate of drug-likeness (QED) is 0.214. The third-order valence-electron chi connectivity index (χ3n) is 8.66. The maximum Gasteiger partial charge on any atom is 0.150 e. The van der Waals surface area contributed by atoms with Gasteiger partial charge < -0.3 is 4.42 Å². The van der Waals surface area contributed by atoms with Crippen LogP contribution in [0.15, 0.2) is 132 Å². The van der Waals surface area contributed by atoms with Gasteiger partial charge in [0.2, 0.25) is 0 Å². The molecule has 208 valence electrons. The van der Waals surface area contributed by atoms with E-state index in [1.807, 2.05) is 91.0 Å². The first kappa shape index (κ1) is 25.4. The number of hydrogen-bond acceptors (Lipinski definition) is 4. The van der Waals surface area contributed by atoms with Crippen molar-refractivity contribution in [1.29, 1.82) is 0 Å². The molecule has 4 nitrogen and oxygen atoms in total. The van der Waals surface area contributed by atoms with Crippen LogP contribution in [-0.4, -0.2) is 9.97 Å². The number of anilines is 3. The molecule has 0 radical (unpaired) electrons. The molecule has 0 N–H and O–H groups in total. The number of furan rings is 1. The van der Waals surface area contributed by atoms with Crippen molar-refractivity contribution in [2.45, 2.75) is 25.4 Å². The average molecular weight is 562 g/mol. The van der Waals surface area contributed by atoms with E-state index in [9.17, 15) is 0 Å². The third kappa shape index (κ3) is 4.03. The van der Waals surface area contributed by atoms with Crippen molar-refractivity contribution in [2.24, 2.45) is 0 Å². The second-order valence-electron chi connectivity index (χ2n) is 11.6. The summed E-state index contributed by atoms with van der Waals surface area (Å²) in [6, 6.07) is 37.7. The molecule has 3 aromatic heterocycles. The summed E-state index contributed by atoms with van der Waals surface area (Å²) in [5.41, 5.74) is 8.35. The van der Waals surface area contributed by atoms with Gasteiger partial charge in [-0.25, -0.2) is 9.37 Å². The number of halogens is 1. The molecule has 5 heteroatoms. The summed E-state index contributed by atoms with van der Waals surface area (Å²) in [5, 5.41) is 2.18. The largest absolute Gasteiger partial charge is 0.456 e. The molecule has 1 atom stereocenters. The van der Waals surface area contributed by atoms with Gasteiger partial charge in [0.05, 0.1) is 17.1 Å². The smallest absolute Gasteiger partial charge is 0.150 e. The highest BCUT2D eigenvalue weighted by molar-refractivity contribution is 6.07. The monoisotopic (exact) mass is 561 g/mol. The highest BCUT2D eigenvalue weighted by Crippen LogP contribution is 2.53. The second-order valence-corrected chi connectivity index (χ2v) is 11.6. The molecule has 0 spiro atoms. The first-order chi connectivity index (χ1) is 21.0. The topological polar surface area (TPSA) is 42.2 Å². The Balaban J connectivity index is 1.30. The Hall–Kier alpha value is -5.29. The Bertz CT molecular complexity index is 2140. The lowest BCUT2D eigenvalue weighted by molar-refractivity contribution is 0.402. The fourth-order valence-electron chi connectivity index (χ4n) is 6.46. The average Bonchev–Trinajstić information content (AvgIpc) is 3.42. The molecule has 0 saturated heterocycles. The van der Waals surface area contributed by atoms with Gasteiger partial charge in [0.25, 0.3) is 0 Å². The summed E-state index contributed by atoms with van der Waals surface area (Å²) in [6.07, 6.45) is 2.23. The van der Waals surface area contributed by atoms with Crippen molar-refractivity contribution in [1.82, 2.24) is 9.97 Å². The number of aromatic nitrogens is 2. The van der Waals surface area contributed by atoms with Crippen LogP contribution in [0.2, 0.25) is 0 Å². The number of para-hydroxylation sites is 1. The standard InChI is InChI=1S/C38H28FN3O/c1-38(2)29-17-16-26(37(39)25-11-9-10-24(20-25)31-13-5-7-18-40-31)21-32(29)42(36-15-6-8-19-41-36)33-23-35-28(22-30(33)38)27-12-3-4-14-34(27)43-35/h3-23,37H,1-2H3. The van der Waals surface area contributed by atoms with Crippen molar-refractivity contribution >= 4 is 39.1 Å². The van der Waals surface area contributed by atoms with E-state index in [0.717, 1.165) is 61.5 Å². The number of hydrogen-bond donors (Lipinski definition) is 0. The summed E-state index contributed by atoms with van der Waals surface area (Å²) in [4.78, 5) is 11.3. The van der Waals surface area contributed by atoms with Crippen LogP contribution in [0.25, 0.3) is 33.2 Å². The molecule has 0 amide bonds. The van der Waals surface area contributed by atoms with E-state index >= 15 is 4.39 Å². The van der Waals surface area contributed by atoms with Crippen LogP contribution in [-0.2, 0) is 5.41 Å². The molecule has 0 aliphatic carbocycles. The first-order valence-electron chi connectivity index (χ1n) is 14.5. The summed E-state index contributed by atoms with van der Waals surface area (Å²) < 4.78 is 22.7. The van der Waals surface area contributed by atoms with Crippen molar-refractivity contribution in [2.75, 3.05) is 4.90 Å². The van der Waals surface area contributed by atoms with Crippen molar-refractivity contribution < 1.29 is 8.81 Å². The number of alkyl halides is 1. The van der Waals surface area contributed by atoms with Crippen LogP contribution in [0, 0.1) is 0 Å². The molecule has 4 heterocycles. The number of pyridine rings is 2. The molecule has 43 heavy (non-hydrogen) atoms.